The van der Waals surface area contributed by atoms with Crippen molar-refractivity contribution in [3.63, 3.8) is 0 Å². The Labute approximate surface area is 111 Å². The van der Waals surface area contributed by atoms with Crippen LogP contribution in [0.15, 0.2) is 18.2 Å². The zero-order valence-corrected chi connectivity index (χ0v) is 12.0. The van der Waals surface area contributed by atoms with Gasteiger partial charge in [-0.05, 0) is 37.3 Å². The van der Waals surface area contributed by atoms with Gasteiger partial charge in [0.1, 0.15) is 11.5 Å². The fourth-order valence-electron chi connectivity index (χ4n) is 1.58. The van der Waals surface area contributed by atoms with Crippen molar-refractivity contribution in [2.24, 2.45) is 11.8 Å². The van der Waals surface area contributed by atoms with Crippen LogP contribution in [0.3, 0.4) is 0 Å². The lowest BCUT2D eigenvalue weighted by Gasteiger charge is -2.17. The second kappa shape index (κ2) is 7.30. The molecular weight excluding hydrogens is 224 g/mol. The molecule has 0 amide bonds. The lowest BCUT2D eigenvalue weighted by molar-refractivity contribution is 0.254. The third-order valence-electron chi connectivity index (χ3n) is 2.48. The predicted octanol–water partition coefficient (Wildman–Crippen LogP) is 4.13. The highest BCUT2D eigenvalue weighted by atomic mass is 16.5. The molecule has 0 aromatic heterocycles. The lowest BCUT2D eigenvalue weighted by Crippen LogP contribution is -2.09. The van der Waals surface area contributed by atoms with Gasteiger partial charge in [0.25, 0.3) is 0 Å². The van der Waals surface area contributed by atoms with Crippen molar-refractivity contribution < 1.29 is 9.47 Å². The van der Waals surface area contributed by atoms with Crippen LogP contribution in [-0.2, 0) is 6.42 Å². The standard InChI is InChI=1S/C16H25O2/c1-6-14-15(17-10-12(2)3)8-7-9-16(14)18-11-13(4)5/h7-9,12-13H,1,6,10-11H2,2-5H3. The monoisotopic (exact) mass is 249 g/mol. The number of ether oxygens (including phenoxy) is 2. The summed E-state index contributed by atoms with van der Waals surface area (Å²) in [5.74, 6) is 2.84. The molecule has 0 atom stereocenters. The molecule has 0 aliphatic rings. The minimum Gasteiger partial charge on any atom is -0.493 e. The summed E-state index contributed by atoms with van der Waals surface area (Å²) in [6.07, 6.45) is 0.682. The highest BCUT2D eigenvalue weighted by Gasteiger charge is 2.10. The van der Waals surface area contributed by atoms with Crippen molar-refractivity contribution >= 4 is 0 Å². The Hall–Kier alpha value is -1.18. The Morgan fingerprint density at radius 3 is 1.72 bits per heavy atom. The molecule has 0 saturated carbocycles. The van der Waals surface area contributed by atoms with E-state index >= 15 is 0 Å². The SMILES string of the molecule is [CH2]Cc1c(OCC(C)C)cccc1OCC(C)C. The van der Waals surface area contributed by atoms with Gasteiger partial charge < -0.3 is 9.47 Å². The molecule has 0 fully saturated rings. The number of benzene rings is 1. The molecule has 1 aromatic carbocycles. The molecule has 2 heteroatoms. The fourth-order valence-corrected chi connectivity index (χ4v) is 1.58. The minimum atomic E-state index is 0.517. The van der Waals surface area contributed by atoms with Gasteiger partial charge in [-0.15, -0.1) is 0 Å². The minimum absolute atomic E-state index is 0.517. The first-order chi connectivity index (χ1) is 8.54. The molecule has 0 unspecified atom stereocenters. The zero-order valence-electron chi connectivity index (χ0n) is 12.0. The van der Waals surface area contributed by atoms with Crippen LogP contribution in [0, 0.1) is 18.8 Å². The van der Waals surface area contributed by atoms with E-state index in [1.165, 1.54) is 0 Å². The summed E-state index contributed by atoms with van der Waals surface area (Å²) in [4.78, 5) is 0. The lowest BCUT2D eigenvalue weighted by atomic mass is 10.1. The highest BCUT2D eigenvalue weighted by Crippen LogP contribution is 2.29. The van der Waals surface area contributed by atoms with E-state index in [0.29, 0.717) is 18.3 Å². The largest absolute Gasteiger partial charge is 0.493 e. The Bertz CT molecular complexity index is 326. The van der Waals surface area contributed by atoms with Crippen LogP contribution in [0.1, 0.15) is 33.3 Å². The number of hydrogen-bond donors (Lipinski definition) is 0. The summed E-state index contributed by atoms with van der Waals surface area (Å²) < 4.78 is 11.6. The van der Waals surface area contributed by atoms with E-state index in [1.807, 2.05) is 18.2 Å². The first kappa shape index (κ1) is 14.9. The van der Waals surface area contributed by atoms with Gasteiger partial charge in [0.05, 0.1) is 13.2 Å². The molecule has 0 N–H and O–H groups in total. The van der Waals surface area contributed by atoms with Crippen LogP contribution >= 0.6 is 0 Å². The van der Waals surface area contributed by atoms with Crippen molar-refractivity contribution in [1.29, 1.82) is 0 Å². The maximum Gasteiger partial charge on any atom is 0.126 e. The summed E-state index contributed by atoms with van der Waals surface area (Å²) in [5, 5.41) is 0. The second-order valence-electron chi connectivity index (χ2n) is 5.39. The Morgan fingerprint density at radius 1 is 0.944 bits per heavy atom. The topological polar surface area (TPSA) is 18.5 Å². The third kappa shape index (κ3) is 4.59. The Balaban J connectivity index is 2.81. The molecule has 0 saturated heterocycles. The molecule has 2 nitrogen and oxygen atoms in total. The quantitative estimate of drug-likeness (QED) is 0.723. The summed E-state index contributed by atoms with van der Waals surface area (Å²) in [6.45, 7) is 14.0. The molecule has 1 radical (unpaired) electrons. The second-order valence-corrected chi connectivity index (χ2v) is 5.39. The van der Waals surface area contributed by atoms with E-state index in [0.717, 1.165) is 30.3 Å². The summed E-state index contributed by atoms with van der Waals surface area (Å²) >= 11 is 0. The smallest absolute Gasteiger partial charge is 0.126 e. The van der Waals surface area contributed by atoms with Crippen molar-refractivity contribution in [3.05, 3.63) is 30.7 Å². The average molecular weight is 249 g/mol. The van der Waals surface area contributed by atoms with E-state index in [1.54, 1.807) is 0 Å². The van der Waals surface area contributed by atoms with Crippen LogP contribution in [0.2, 0.25) is 0 Å². The molecule has 0 aliphatic carbocycles. The van der Waals surface area contributed by atoms with Gasteiger partial charge in [0, 0.05) is 5.56 Å². The van der Waals surface area contributed by atoms with Gasteiger partial charge in [-0.25, -0.2) is 0 Å². The van der Waals surface area contributed by atoms with E-state index in [2.05, 4.69) is 34.6 Å². The van der Waals surface area contributed by atoms with Crippen molar-refractivity contribution in [2.75, 3.05) is 13.2 Å². The van der Waals surface area contributed by atoms with Crippen LogP contribution < -0.4 is 9.47 Å². The van der Waals surface area contributed by atoms with Crippen LogP contribution in [0.25, 0.3) is 0 Å². The van der Waals surface area contributed by atoms with E-state index < -0.39 is 0 Å². The first-order valence-electron chi connectivity index (χ1n) is 6.71. The first-order valence-corrected chi connectivity index (χ1v) is 6.71. The average Bonchev–Trinajstić information content (AvgIpc) is 2.33. The Morgan fingerprint density at radius 2 is 1.39 bits per heavy atom. The van der Waals surface area contributed by atoms with E-state index in [-0.39, 0.29) is 0 Å². The highest BCUT2D eigenvalue weighted by molar-refractivity contribution is 5.45. The molecule has 0 spiro atoms. The normalized spacial score (nSPS) is 11.1. The van der Waals surface area contributed by atoms with Gasteiger partial charge in [-0.2, -0.15) is 0 Å². The molecule has 1 aromatic rings. The number of hydrogen-bond acceptors (Lipinski definition) is 2. The molecule has 101 valence electrons. The summed E-state index contributed by atoms with van der Waals surface area (Å²) in [6, 6.07) is 5.96. The molecular formula is C16H25O2. The van der Waals surface area contributed by atoms with Crippen molar-refractivity contribution in [2.45, 2.75) is 34.1 Å². The molecule has 0 heterocycles. The van der Waals surface area contributed by atoms with E-state index in [4.69, 9.17) is 9.47 Å². The van der Waals surface area contributed by atoms with Gasteiger partial charge in [-0.1, -0.05) is 33.8 Å². The van der Waals surface area contributed by atoms with Gasteiger partial charge in [0.2, 0.25) is 0 Å². The molecule has 18 heavy (non-hydrogen) atoms. The molecule has 0 aliphatic heterocycles. The molecule has 0 bridgehead atoms. The number of rotatable bonds is 7. The van der Waals surface area contributed by atoms with Gasteiger partial charge in [0.15, 0.2) is 0 Å². The third-order valence-corrected chi connectivity index (χ3v) is 2.48. The maximum absolute atomic E-state index is 5.82. The maximum atomic E-state index is 5.82. The predicted molar refractivity (Wildman–Crippen MR) is 76.2 cm³/mol. The fraction of sp³-hybridized carbons (Fsp3) is 0.562. The van der Waals surface area contributed by atoms with Crippen LogP contribution in [0.4, 0.5) is 0 Å². The molecule has 1 rings (SSSR count). The summed E-state index contributed by atoms with van der Waals surface area (Å²) in [7, 11) is 0. The van der Waals surface area contributed by atoms with Crippen LogP contribution in [-0.4, -0.2) is 13.2 Å². The van der Waals surface area contributed by atoms with Crippen molar-refractivity contribution in [1.82, 2.24) is 0 Å². The van der Waals surface area contributed by atoms with Crippen LogP contribution in [0.5, 0.6) is 11.5 Å². The zero-order chi connectivity index (χ0) is 13.5. The van der Waals surface area contributed by atoms with Crippen molar-refractivity contribution in [3.8, 4) is 11.5 Å². The van der Waals surface area contributed by atoms with E-state index in [9.17, 15) is 0 Å². The summed E-state index contributed by atoms with van der Waals surface area (Å²) in [5.41, 5.74) is 1.07. The Kier molecular flexibility index (Phi) is 6.03. The van der Waals surface area contributed by atoms with Gasteiger partial charge >= 0.3 is 0 Å². The van der Waals surface area contributed by atoms with Gasteiger partial charge in [-0.3, -0.25) is 0 Å².